The average Bonchev–Trinajstić information content (AvgIpc) is 3.26. The summed E-state index contributed by atoms with van der Waals surface area (Å²) >= 11 is 0. The molecule has 1 aromatic carbocycles. The van der Waals surface area contributed by atoms with Crippen molar-refractivity contribution in [1.82, 2.24) is 15.5 Å². The lowest BCUT2D eigenvalue weighted by atomic mass is 10.2. The molecule has 1 saturated heterocycles. The van der Waals surface area contributed by atoms with E-state index in [2.05, 4.69) is 45.9 Å². The number of carbonyl (C=O) groups is 1. The average molecular weight is 327 g/mol. The Balaban J connectivity index is 1.29. The lowest BCUT2D eigenvalue weighted by Gasteiger charge is -2.16. The van der Waals surface area contributed by atoms with Crippen molar-refractivity contribution in [3.8, 4) is 0 Å². The van der Waals surface area contributed by atoms with Crippen molar-refractivity contribution in [2.24, 2.45) is 0 Å². The van der Waals surface area contributed by atoms with Crippen LogP contribution in [0.1, 0.15) is 24.2 Å². The highest BCUT2D eigenvalue weighted by molar-refractivity contribution is 5.75. The van der Waals surface area contributed by atoms with Gasteiger partial charge in [0.15, 0.2) is 0 Å². The fraction of sp³-hybridized carbons (Fsp3) is 0.421. The number of nitrogens with one attached hydrogen (secondary N) is 2. The topological polar surface area (TPSA) is 57.5 Å². The summed E-state index contributed by atoms with van der Waals surface area (Å²) in [6, 6.07) is 14.7. The van der Waals surface area contributed by atoms with Crippen LogP contribution in [-0.2, 0) is 17.9 Å². The van der Waals surface area contributed by atoms with E-state index in [0.29, 0.717) is 25.6 Å². The molecule has 1 aliphatic rings. The molecule has 128 valence electrons. The van der Waals surface area contributed by atoms with Gasteiger partial charge in [-0.3, -0.25) is 9.69 Å². The molecule has 0 aliphatic carbocycles. The molecule has 5 nitrogen and oxygen atoms in total. The van der Waals surface area contributed by atoms with Crippen molar-refractivity contribution < 1.29 is 9.21 Å². The monoisotopic (exact) mass is 327 g/mol. The van der Waals surface area contributed by atoms with E-state index < -0.39 is 0 Å². The Hall–Kier alpha value is -2.11. The largest absolute Gasteiger partial charge is 0.467 e. The predicted molar refractivity (Wildman–Crippen MR) is 93.3 cm³/mol. The first-order chi connectivity index (χ1) is 11.8. The van der Waals surface area contributed by atoms with E-state index >= 15 is 0 Å². The maximum atomic E-state index is 11.8. The minimum Gasteiger partial charge on any atom is -0.467 e. The Morgan fingerprint density at radius 3 is 2.88 bits per heavy atom. The summed E-state index contributed by atoms with van der Waals surface area (Å²) in [7, 11) is 0. The molecule has 1 aromatic heterocycles. The lowest BCUT2D eigenvalue weighted by molar-refractivity contribution is -0.121. The number of nitrogens with zero attached hydrogens (tertiary/aromatic N) is 1. The van der Waals surface area contributed by atoms with Gasteiger partial charge >= 0.3 is 0 Å². The fourth-order valence-electron chi connectivity index (χ4n) is 3.06. The lowest BCUT2D eigenvalue weighted by Crippen LogP contribution is -2.35. The smallest absolute Gasteiger partial charge is 0.221 e. The maximum absolute atomic E-state index is 11.8. The molecule has 3 rings (SSSR count). The van der Waals surface area contributed by atoms with Crippen LogP contribution < -0.4 is 10.6 Å². The van der Waals surface area contributed by atoms with Crippen LogP contribution in [-0.4, -0.2) is 36.5 Å². The minimum absolute atomic E-state index is 0.0537. The van der Waals surface area contributed by atoms with Gasteiger partial charge in [0.25, 0.3) is 0 Å². The van der Waals surface area contributed by atoms with Gasteiger partial charge in [-0.2, -0.15) is 0 Å². The molecule has 2 heterocycles. The zero-order valence-electron chi connectivity index (χ0n) is 13.9. The second kappa shape index (κ2) is 8.66. The summed E-state index contributed by atoms with van der Waals surface area (Å²) in [5.41, 5.74) is 1.36. The van der Waals surface area contributed by atoms with Gasteiger partial charge in [-0.05, 0) is 24.1 Å². The molecule has 2 N–H and O–H groups in total. The van der Waals surface area contributed by atoms with E-state index in [-0.39, 0.29) is 5.91 Å². The van der Waals surface area contributed by atoms with E-state index in [9.17, 15) is 4.79 Å². The predicted octanol–water partition coefficient (Wildman–Crippen LogP) is 2.15. The number of furan rings is 1. The third-order valence-electron chi connectivity index (χ3n) is 4.35. The van der Waals surface area contributed by atoms with Gasteiger partial charge < -0.3 is 15.1 Å². The Morgan fingerprint density at radius 1 is 1.21 bits per heavy atom. The molecular weight excluding hydrogens is 302 g/mol. The Labute approximate surface area is 143 Å². The third kappa shape index (κ3) is 5.22. The summed E-state index contributed by atoms with van der Waals surface area (Å²) in [5, 5.41) is 6.36. The van der Waals surface area contributed by atoms with E-state index in [1.54, 1.807) is 6.26 Å². The standard InChI is InChI=1S/C19H25N3O2/c23-19(21-13-18-7-4-12-24-18)8-10-20-17-9-11-22(15-17)14-16-5-2-1-3-6-16/h1-7,12,17,20H,8-11,13-15H2,(H,21,23). The number of carbonyl (C=O) groups excluding carboxylic acids is 1. The zero-order chi connectivity index (χ0) is 16.6. The van der Waals surface area contributed by atoms with Gasteiger partial charge in [0.1, 0.15) is 5.76 Å². The molecule has 24 heavy (non-hydrogen) atoms. The third-order valence-corrected chi connectivity index (χ3v) is 4.35. The number of rotatable bonds is 8. The molecule has 0 spiro atoms. The van der Waals surface area contributed by atoms with E-state index in [1.807, 2.05) is 12.1 Å². The van der Waals surface area contributed by atoms with Crippen molar-refractivity contribution in [3.63, 3.8) is 0 Å². The molecule has 0 radical (unpaired) electrons. The van der Waals surface area contributed by atoms with Crippen LogP contribution in [0, 0.1) is 0 Å². The second-order valence-electron chi connectivity index (χ2n) is 6.27. The van der Waals surface area contributed by atoms with E-state index in [1.165, 1.54) is 5.56 Å². The summed E-state index contributed by atoms with van der Waals surface area (Å²) in [4.78, 5) is 14.3. The fourth-order valence-corrected chi connectivity index (χ4v) is 3.06. The van der Waals surface area contributed by atoms with Crippen LogP contribution in [0.2, 0.25) is 0 Å². The van der Waals surface area contributed by atoms with Gasteiger partial charge in [0.05, 0.1) is 12.8 Å². The van der Waals surface area contributed by atoms with Crippen LogP contribution in [0.5, 0.6) is 0 Å². The number of benzene rings is 1. The van der Waals surface area contributed by atoms with Gasteiger partial charge in [-0.1, -0.05) is 30.3 Å². The molecule has 1 unspecified atom stereocenters. The molecule has 1 fully saturated rings. The molecular formula is C19H25N3O2. The quantitative estimate of drug-likeness (QED) is 0.780. The first-order valence-electron chi connectivity index (χ1n) is 8.58. The Kier molecular flexibility index (Phi) is 6.04. The normalized spacial score (nSPS) is 17.9. The number of hydrogen-bond acceptors (Lipinski definition) is 4. The van der Waals surface area contributed by atoms with Gasteiger partial charge in [0.2, 0.25) is 5.91 Å². The van der Waals surface area contributed by atoms with Crippen LogP contribution in [0.15, 0.2) is 53.1 Å². The van der Waals surface area contributed by atoms with Crippen molar-refractivity contribution in [1.29, 1.82) is 0 Å². The molecule has 5 heteroatoms. The highest BCUT2D eigenvalue weighted by atomic mass is 16.3. The van der Waals surface area contributed by atoms with Crippen molar-refractivity contribution in [2.45, 2.75) is 32.0 Å². The molecule has 0 saturated carbocycles. The highest BCUT2D eigenvalue weighted by Crippen LogP contribution is 2.13. The number of hydrogen-bond donors (Lipinski definition) is 2. The first kappa shape index (κ1) is 16.7. The summed E-state index contributed by atoms with van der Waals surface area (Å²) in [5.74, 6) is 0.835. The summed E-state index contributed by atoms with van der Waals surface area (Å²) < 4.78 is 5.19. The van der Waals surface area contributed by atoms with E-state index in [4.69, 9.17) is 4.42 Å². The van der Waals surface area contributed by atoms with Crippen LogP contribution >= 0.6 is 0 Å². The Morgan fingerprint density at radius 2 is 2.08 bits per heavy atom. The van der Waals surface area contributed by atoms with Crippen LogP contribution in [0.25, 0.3) is 0 Å². The molecule has 1 aliphatic heterocycles. The van der Waals surface area contributed by atoms with E-state index in [0.717, 1.165) is 31.8 Å². The Bertz CT molecular complexity index is 613. The molecule has 0 bridgehead atoms. The van der Waals surface area contributed by atoms with Gasteiger partial charge in [-0.15, -0.1) is 0 Å². The highest BCUT2D eigenvalue weighted by Gasteiger charge is 2.21. The van der Waals surface area contributed by atoms with Crippen molar-refractivity contribution in [3.05, 3.63) is 60.1 Å². The minimum atomic E-state index is 0.0537. The van der Waals surface area contributed by atoms with Crippen LogP contribution in [0.4, 0.5) is 0 Å². The van der Waals surface area contributed by atoms with Crippen molar-refractivity contribution >= 4 is 5.91 Å². The van der Waals surface area contributed by atoms with Crippen molar-refractivity contribution in [2.75, 3.05) is 19.6 Å². The molecule has 2 aromatic rings. The first-order valence-corrected chi connectivity index (χ1v) is 8.58. The zero-order valence-corrected chi connectivity index (χ0v) is 13.9. The molecule has 1 atom stereocenters. The van der Waals surface area contributed by atoms with Gasteiger partial charge in [-0.25, -0.2) is 0 Å². The summed E-state index contributed by atoms with van der Waals surface area (Å²) in [6.07, 6.45) is 3.25. The molecule has 1 amide bonds. The van der Waals surface area contributed by atoms with Gasteiger partial charge in [0, 0.05) is 38.6 Å². The SMILES string of the molecule is O=C(CCNC1CCN(Cc2ccccc2)C1)NCc1ccco1. The number of likely N-dealkylation sites (tertiary alicyclic amines) is 1. The second-order valence-corrected chi connectivity index (χ2v) is 6.27. The number of amides is 1. The maximum Gasteiger partial charge on any atom is 0.221 e. The summed E-state index contributed by atoms with van der Waals surface area (Å²) in [6.45, 7) is 4.33. The van der Waals surface area contributed by atoms with Crippen LogP contribution in [0.3, 0.4) is 0 Å².